The molecule has 1 aromatic rings. The van der Waals surface area contributed by atoms with Gasteiger partial charge in [0.1, 0.15) is 5.82 Å². The molecule has 0 amide bonds. The smallest absolute Gasteiger partial charge is 0.123 e. The normalized spacial score (nSPS) is 11.8. The van der Waals surface area contributed by atoms with Gasteiger partial charge in [0.05, 0.1) is 0 Å². The summed E-state index contributed by atoms with van der Waals surface area (Å²) in [6, 6.07) is 4.51. The Morgan fingerprint density at radius 2 is 2.07 bits per heavy atom. The summed E-state index contributed by atoms with van der Waals surface area (Å²) in [5.41, 5.74) is 0.948. The summed E-state index contributed by atoms with van der Waals surface area (Å²) in [6.45, 7) is 5.13. The Morgan fingerprint density at radius 3 is 2.67 bits per heavy atom. The van der Waals surface area contributed by atoms with Gasteiger partial charge in [-0.2, -0.15) is 0 Å². The van der Waals surface area contributed by atoms with Crippen LogP contribution in [0, 0.1) is 11.2 Å². The monoisotopic (exact) mass is 229 g/mol. The minimum atomic E-state index is -0.227. The highest BCUT2D eigenvalue weighted by Gasteiger charge is 2.19. The summed E-state index contributed by atoms with van der Waals surface area (Å²) in [7, 11) is 1.91. The second kappa shape index (κ2) is 4.95. The molecule has 15 heavy (non-hydrogen) atoms. The van der Waals surface area contributed by atoms with Gasteiger partial charge in [0.2, 0.25) is 0 Å². The zero-order valence-corrected chi connectivity index (χ0v) is 10.2. The highest BCUT2D eigenvalue weighted by Crippen LogP contribution is 2.26. The molecule has 0 radical (unpaired) electrons. The SMILES string of the molecule is CNCC(C)(C)Cc1cc(F)ccc1Cl. The molecule has 3 heteroatoms. The Labute approximate surface area is 95.6 Å². The zero-order valence-electron chi connectivity index (χ0n) is 9.40. The van der Waals surface area contributed by atoms with E-state index in [4.69, 9.17) is 11.6 Å². The van der Waals surface area contributed by atoms with E-state index in [-0.39, 0.29) is 11.2 Å². The van der Waals surface area contributed by atoms with Crippen LogP contribution in [0.2, 0.25) is 5.02 Å². The molecule has 0 aliphatic heterocycles. The molecule has 0 bridgehead atoms. The van der Waals surface area contributed by atoms with Gasteiger partial charge < -0.3 is 5.32 Å². The molecular weight excluding hydrogens is 213 g/mol. The molecule has 1 aromatic carbocycles. The van der Waals surface area contributed by atoms with Gasteiger partial charge >= 0.3 is 0 Å². The number of hydrogen-bond acceptors (Lipinski definition) is 1. The first-order chi connectivity index (χ1) is 6.94. The lowest BCUT2D eigenvalue weighted by atomic mass is 9.85. The highest BCUT2D eigenvalue weighted by molar-refractivity contribution is 6.31. The minimum absolute atomic E-state index is 0.0756. The lowest BCUT2D eigenvalue weighted by molar-refractivity contribution is 0.349. The third kappa shape index (κ3) is 3.80. The maximum atomic E-state index is 13.0. The quantitative estimate of drug-likeness (QED) is 0.836. The molecule has 0 aromatic heterocycles. The maximum Gasteiger partial charge on any atom is 0.123 e. The molecule has 0 aliphatic carbocycles. The van der Waals surface area contributed by atoms with Crippen LogP contribution in [-0.2, 0) is 6.42 Å². The van der Waals surface area contributed by atoms with Gasteiger partial charge in [0, 0.05) is 11.6 Å². The summed E-state index contributed by atoms with van der Waals surface area (Å²) >= 11 is 6.02. The van der Waals surface area contributed by atoms with Gasteiger partial charge in [0.15, 0.2) is 0 Å². The molecular formula is C12H17ClFN. The fraction of sp³-hybridized carbons (Fsp3) is 0.500. The summed E-state index contributed by atoms with van der Waals surface area (Å²) in [6.07, 6.45) is 0.768. The van der Waals surface area contributed by atoms with Crippen molar-refractivity contribution < 1.29 is 4.39 Å². The van der Waals surface area contributed by atoms with Gasteiger partial charge in [-0.25, -0.2) is 4.39 Å². The zero-order chi connectivity index (χ0) is 11.5. The summed E-state index contributed by atoms with van der Waals surface area (Å²) in [4.78, 5) is 0. The second-order valence-corrected chi connectivity index (χ2v) is 5.01. The number of rotatable bonds is 4. The van der Waals surface area contributed by atoms with Crippen molar-refractivity contribution in [2.45, 2.75) is 20.3 Å². The molecule has 0 atom stereocenters. The van der Waals surface area contributed by atoms with Crippen molar-refractivity contribution in [3.8, 4) is 0 Å². The number of nitrogens with one attached hydrogen (secondary N) is 1. The van der Waals surface area contributed by atoms with Crippen molar-refractivity contribution in [1.82, 2.24) is 5.32 Å². The summed E-state index contributed by atoms with van der Waals surface area (Å²) in [5.74, 6) is -0.227. The van der Waals surface area contributed by atoms with Crippen LogP contribution in [0.25, 0.3) is 0 Å². The van der Waals surface area contributed by atoms with Crippen LogP contribution in [-0.4, -0.2) is 13.6 Å². The van der Waals surface area contributed by atoms with Crippen LogP contribution in [0.1, 0.15) is 19.4 Å². The molecule has 0 aliphatic rings. The number of halogens is 2. The van der Waals surface area contributed by atoms with E-state index in [1.54, 1.807) is 6.07 Å². The molecule has 0 unspecified atom stereocenters. The van der Waals surface area contributed by atoms with E-state index in [1.165, 1.54) is 12.1 Å². The van der Waals surface area contributed by atoms with E-state index < -0.39 is 0 Å². The first kappa shape index (κ1) is 12.5. The highest BCUT2D eigenvalue weighted by atomic mass is 35.5. The lowest BCUT2D eigenvalue weighted by Crippen LogP contribution is -2.28. The molecule has 0 spiro atoms. The van der Waals surface area contributed by atoms with Crippen LogP contribution in [0.4, 0.5) is 4.39 Å². The van der Waals surface area contributed by atoms with Gasteiger partial charge in [-0.3, -0.25) is 0 Å². The minimum Gasteiger partial charge on any atom is -0.319 e. The van der Waals surface area contributed by atoms with Gasteiger partial charge in [0.25, 0.3) is 0 Å². The first-order valence-electron chi connectivity index (χ1n) is 5.03. The van der Waals surface area contributed by atoms with E-state index in [9.17, 15) is 4.39 Å². The third-order valence-corrected chi connectivity index (χ3v) is 2.70. The average Bonchev–Trinajstić information content (AvgIpc) is 2.10. The lowest BCUT2D eigenvalue weighted by Gasteiger charge is -2.24. The number of benzene rings is 1. The predicted molar refractivity (Wildman–Crippen MR) is 62.8 cm³/mol. The van der Waals surface area contributed by atoms with Crippen LogP contribution in [0.3, 0.4) is 0 Å². The van der Waals surface area contributed by atoms with Crippen molar-refractivity contribution in [3.63, 3.8) is 0 Å². The molecule has 0 heterocycles. The standard InChI is InChI=1S/C12H17ClFN/c1-12(2,8-15-3)7-9-6-10(14)4-5-11(9)13/h4-6,15H,7-8H2,1-3H3. The molecule has 1 nitrogen and oxygen atoms in total. The van der Waals surface area contributed by atoms with Crippen molar-refractivity contribution in [1.29, 1.82) is 0 Å². The Balaban J connectivity index is 2.83. The second-order valence-electron chi connectivity index (χ2n) is 4.61. The van der Waals surface area contributed by atoms with Gasteiger partial charge in [-0.15, -0.1) is 0 Å². The van der Waals surface area contributed by atoms with Crippen LogP contribution >= 0.6 is 11.6 Å². The number of hydrogen-bond donors (Lipinski definition) is 1. The van der Waals surface area contributed by atoms with E-state index in [0.29, 0.717) is 5.02 Å². The average molecular weight is 230 g/mol. The first-order valence-corrected chi connectivity index (χ1v) is 5.41. The van der Waals surface area contributed by atoms with Crippen LogP contribution < -0.4 is 5.32 Å². The fourth-order valence-corrected chi connectivity index (χ4v) is 1.92. The van der Waals surface area contributed by atoms with Crippen molar-refractivity contribution in [3.05, 3.63) is 34.6 Å². The Bertz CT molecular complexity index is 336. The van der Waals surface area contributed by atoms with Gasteiger partial charge in [-0.05, 0) is 42.6 Å². The van der Waals surface area contributed by atoms with E-state index >= 15 is 0 Å². The summed E-state index contributed by atoms with van der Waals surface area (Å²) in [5, 5.41) is 3.76. The van der Waals surface area contributed by atoms with Crippen molar-refractivity contribution in [2.75, 3.05) is 13.6 Å². The van der Waals surface area contributed by atoms with E-state index in [0.717, 1.165) is 18.5 Å². The van der Waals surface area contributed by atoms with E-state index in [2.05, 4.69) is 19.2 Å². The predicted octanol–water partition coefficient (Wildman–Crippen LogP) is 3.27. The van der Waals surface area contributed by atoms with E-state index in [1.807, 2.05) is 7.05 Å². The maximum absolute atomic E-state index is 13.0. The van der Waals surface area contributed by atoms with Crippen molar-refractivity contribution in [2.24, 2.45) is 5.41 Å². The summed E-state index contributed by atoms with van der Waals surface area (Å²) < 4.78 is 13.0. The Kier molecular flexibility index (Phi) is 4.12. The van der Waals surface area contributed by atoms with Gasteiger partial charge in [-0.1, -0.05) is 25.4 Å². The molecule has 1 N–H and O–H groups in total. The largest absolute Gasteiger partial charge is 0.319 e. The molecule has 0 saturated heterocycles. The Morgan fingerprint density at radius 1 is 1.40 bits per heavy atom. The third-order valence-electron chi connectivity index (χ3n) is 2.33. The molecule has 84 valence electrons. The molecule has 1 rings (SSSR count). The fourth-order valence-electron chi connectivity index (χ4n) is 1.74. The Hall–Kier alpha value is -0.600. The molecule has 0 saturated carbocycles. The molecule has 0 fully saturated rings. The van der Waals surface area contributed by atoms with Crippen LogP contribution in [0.15, 0.2) is 18.2 Å². The van der Waals surface area contributed by atoms with Crippen LogP contribution in [0.5, 0.6) is 0 Å². The topological polar surface area (TPSA) is 12.0 Å². The van der Waals surface area contributed by atoms with Crippen molar-refractivity contribution >= 4 is 11.6 Å².